The Morgan fingerprint density at radius 2 is 1.77 bits per heavy atom. The van der Waals surface area contributed by atoms with Crippen LogP contribution in [0.15, 0.2) is 64.4 Å². The number of hydrogen-bond acceptors (Lipinski definition) is 4. The van der Waals surface area contributed by atoms with Crippen LogP contribution in [-0.4, -0.2) is 36.4 Å². The van der Waals surface area contributed by atoms with Gasteiger partial charge in [0.2, 0.25) is 10.0 Å². The molecular weight excluding hydrogens is 418 g/mol. The number of benzene rings is 2. The van der Waals surface area contributed by atoms with Crippen molar-refractivity contribution in [1.29, 1.82) is 0 Å². The molecule has 2 atom stereocenters. The summed E-state index contributed by atoms with van der Waals surface area (Å²) in [6, 6.07) is 16.6. The van der Waals surface area contributed by atoms with Crippen molar-refractivity contribution >= 4 is 27.8 Å². The molecule has 0 bridgehead atoms. The van der Waals surface area contributed by atoms with Crippen molar-refractivity contribution in [1.82, 2.24) is 4.31 Å². The van der Waals surface area contributed by atoms with Crippen LogP contribution in [0.5, 0.6) is 0 Å². The Hall–Kier alpha value is -2.53. The van der Waals surface area contributed by atoms with Gasteiger partial charge in [-0.05, 0) is 36.2 Å². The number of rotatable bonds is 4. The van der Waals surface area contributed by atoms with Crippen LogP contribution in [0, 0.1) is 11.8 Å². The van der Waals surface area contributed by atoms with Gasteiger partial charge in [0.05, 0.1) is 4.91 Å². The van der Waals surface area contributed by atoms with Crippen molar-refractivity contribution in [2.75, 3.05) is 6.54 Å². The standard InChI is InChI=1S/C23H21NO4S2/c1-2-19(23(25)26)24-15-21-22(30(24,27)28)14-20(29-21)18-12-10-17(11-13-18)9-8-16-6-4-3-5-7-16/h3-7,10-13,19-20H,2,14-15H2,1H3,(H,25,26). The SMILES string of the molecule is CCC(C(=O)O)N1CC2=C(CC(c3ccc(C#Cc4ccccc4)cc3)S2)S1(=O)=O. The zero-order valence-electron chi connectivity index (χ0n) is 16.4. The highest BCUT2D eigenvalue weighted by atomic mass is 32.2. The molecule has 1 N–H and O–H groups in total. The van der Waals surface area contributed by atoms with E-state index in [1.807, 2.05) is 54.6 Å². The first-order chi connectivity index (χ1) is 14.4. The highest BCUT2D eigenvalue weighted by Gasteiger charge is 2.47. The van der Waals surface area contributed by atoms with Crippen LogP contribution < -0.4 is 0 Å². The highest BCUT2D eigenvalue weighted by molar-refractivity contribution is 8.05. The second-order valence-electron chi connectivity index (χ2n) is 7.21. The number of thioether (sulfide) groups is 1. The maximum Gasteiger partial charge on any atom is 0.322 e. The first-order valence-corrected chi connectivity index (χ1v) is 12.0. The van der Waals surface area contributed by atoms with Gasteiger partial charge < -0.3 is 5.11 Å². The van der Waals surface area contributed by atoms with E-state index in [0.717, 1.165) is 25.9 Å². The normalized spacial score (nSPS) is 21.0. The molecule has 0 amide bonds. The number of sulfonamides is 1. The fraction of sp³-hybridized carbons (Fsp3) is 0.261. The second-order valence-corrected chi connectivity index (χ2v) is 10.4. The second kappa shape index (κ2) is 8.31. The Morgan fingerprint density at radius 3 is 2.33 bits per heavy atom. The number of carbonyl (C=O) groups is 1. The fourth-order valence-corrected chi connectivity index (χ4v) is 7.56. The number of carboxylic acid groups (broad SMARTS) is 1. The van der Waals surface area contributed by atoms with Crippen molar-refractivity contribution in [3.63, 3.8) is 0 Å². The minimum atomic E-state index is -3.72. The van der Waals surface area contributed by atoms with E-state index < -0.39 is 22.0 Å². The van der Waals surface area contributed by atoms with Crippen LogP contribution in [0.4, 0.5) is 0 Å². The predicted molar refractivity (Wildman–Crippen MR) is 118 cm³/mol. The average molecular weight is 440 g/mol. The molecule has 4 rings (SSSR count). The average Bonchev–Trinajstić information content (AvgIpc) is 3.27. The molecule has 2 aliphatic heterocycles. The maximum absolute atomic E-state index is 12.9. The smallest absolute Gasteiger partial charge is 0.322 e. The molecule has 5 nitrogen and oxygen atoms in total. The van der Waals surface area contributed by atoms with E-state index in [2.05, 4.69) is 11.8 Å². The summed E-state index contributed by atoms with van der Waals surface area (Å²) >= 11 is 1.53. The minimum Gasteiger partial charge on any atom is -0.480 e. The van der Waals surface area contributed by atoms with Gasteiger partial charge in [0.1, 0.15) is 6.04 Å². The first-order valence-electron chi connectivity index (χ1n) is 9.70. The van der Waals surface area contributed by atoms with E-state index in [1.54, 1.807) is 6.92 Å². The van der Waals surface area contributed by atoms with E-state index in [-0.39, 0.29) is 18.2 Å². The molecule has 0 saturated heterocycles. The molecule has 0 saturated carbocycles. The largest absolute Gasteiger partial charge is 0.480 e. The van der Waals surface area contributed by atoms with E-state index in [4.69, 9.17) is 0 Å². The molecule has 2 aromatic carbocycles. The third kappa shape index (κ3) is 3.91. The first kappa shape index (κ1) is 20.7. The zero-order chi connectivity index (χ0) is 21.3. The Labute approximate surface area is 180 Å². The molecule has 0 aromatic heterocycles. The van der Waals surface area contributed by atoms with Gasteiger partial charge in [0, 0.05) is 34.2 Å². The molecule has 154 valence electrons. The van der Waals surface area contributed by atoms with Crippen LogP contribution in [0.3, 0.4) is 0 Å². The summed E-state index contributed by atoms with van der Waals surface area (Å²) in [5, 5.41) is 9.38. The Balaban J connectivity index is 1.47. The molecule has 2 heterocycles. The van der Waals surface area contributed by atoms with Gasteiger partial charge in [-0.15, -0.1) is 11.8 Å². The van der Waals surface area contributed by atoms with E-state index in [1.165, 1.54) is 11.8 Å². The lowest BCUT2D eigenvalue weighted by Gasteiger charge is -2.24. The van der Waals surface area contributed by atoms with Crippen LogP contribution >= 0.6 is 11.8 Å². The fourth-order valence-electron chi connectivity index (χ4n) is 3.72. The van der Waals surface area contributed by atoms with Crippen LogP contribution in [0.1, 0.15) is 41.7 Å². The number of carboxylic acids is 1. The van der Waals surface area contributed by atoms with Crippen molar-refractivity contribution < 1.29 is 18.3 Å². The molecule has 0 radical (unpaired) electrons. The topological polar surface area (TPSA) is 74.7 Å². The lowest BCUT2D eigenvalue weighted by molar-refractivity contribution is -0.141. The van der Waals surface area contributed by atoms with Crippen LogP contribution in [0.2, 0.25) is 0 Å². The van der Waals surface area contributed by atoms with Crippen LogP contribution in [0.25, 0.3) is 0 Å². The van der Waals surface area contributed by atoms with Crippen molar-refractivity contribution in [3.05, 3.63) is 81.1 Å². The lowest BCUT2D eigenvalue weighted by atomic mass is 10.1. The number of allylic oxidation sites excluding steroid dienone is 1. The number of nitrogens with zero attached hydrogens (tertiary/aromatic N) is 1. The molecular formula is C23H21NO4S2. The minimum absolute atomic E-state index is 0.0213. The molecule has 2 aromatic rings. The van der Waals surface area contributed by atoms with E-state index in [9.17, 15) is 18.3 Å². The van der Waals surface area contributed by atoms with Gasteiger partial charge in [-0.3, -0.25) is 4.79 Å². The van der Waals surface area contributed by atoms with Crippen molar-refractivity contribution in [2.45, 2.75) is 31.1 Å². The summed E-state index contributed by atoms with van der Waals surface area (Å²) < 4.78 is 26.9. The molecule has 0 spiro atoms. The number of hydrogen-bond donors (Lipinski definition) is 1. The van der Waals surface area contributed by atoms with Gasteiger partial charge >= 0.3 is 5.97 Å². The van der Waals surface area contributed by atoms with E-state index >= 15 is 0 Å². The molecule has 30 heavy (non-hydrogen) atoms. The Bertz CT molecular complexity index is 1160. The number of aliphatic carboxylic acids is 1. The van der Waals surface area contributed by atoms with Gasteiger partial charge in [0.25, 0.3) is 0 Å². The molecule has 0 fully saturated rings. The molecule has 0 aliphatic carbocycles. The summed E-state index contributed by atoms with van der Waals surface area (Å²) in [5.74, 6) is 5.17. The van der Waals surface area contributed by atoms with Gasteiger partial charge in [0.15, 0.2) is 0 Å². The summed E-state index contributed by atoms with van der Waals surface area (Å²) in [6.45, 7) is 1.85. The Kier molecular flexibility index (Phi) is 5.74. The molecule has 2 unspecified atom stereocenters. The third-order valence-electron chi connectivity index (χ3n) is 5.31. The van der Waals surface area contributed by atoms with Gasteiger partial charge in [-0.2, -0.15) is 4.31 Å². The molecule has 7 heteroatoms. The van der Waals surface area contributed by atoms with Crippen molar-refractivity contribution in [2.24, 2.45) is 0 Å². The summed E-state index contributed by atoms with van der Waals surface area (Å²) in [4.78, 5) is 12.6. The monoisotopic (exact) mass is 439 g/mol. The molecule has 2 aliphatic rings. The lowest BCUT2D eigenvalue weighted by Crippen LogP contribution is -2.42. The maximum atomic E-state index is 12.9. The highest BCUT2D eigenvalue weighted by Crippen LogP contribution is 2.53. The summed E-state index contributed by atoms with van der Waals surface area (Å²) in [6.07, 6.45) is 0.638. The van der Waals surface area contributed by atoms with Crippen molar-refractivity contribution in [3.8, 4) is 11.8 Å². The summed E-state index contributed by atoms with van der Waals surface area (Å²) in [5.41, 5.74) is 2.90. The zero-order valence-corrected chi connectivity index (χ0v) is 18.0. The quantitative estimate of drug-likeness (QED) is 0.730. The predicted octanol–water partition coefficient (Wildman–Crippen LogP) is 3.98. The van der Waals surface area contributed by atoms with Gasteiger partial charge in [-0.25, -0.2) is 8.42 Å². The van der Waals surface area contributed by atoms with Gasteiger partial charge in [-0.1, -0.05) is 49.1 Å². The summed E-state index contributed by atoms with van der Waals surface area (Å²) in [7, 11) is -3.72. The Morgan fingerprint density at radius 1 is 1.13 bits per heavy atom. The third-order valence-corrected chi connectivity index (χ3v) is 8.86. The van der Waals surface area contributed by atoms with E-state index in [0.29, 0.717) is 11.3 Å². The van der Waals surface area contributed by atoms with Crippen LogP contribution in [-0.2, 0) is 14.8 Å².